The fourth-order valence-corrected chi connectivity index (χ4v) is 5.01. The smallest absolute Gasteiger partial charge is 0.209 e. The molecule has 2 aliphatic rings. The molecule has 5 nitrogen and oxygen atoms in total. The molecule has 6 heteroatoms. The minimum absolute atomic E-state index is 0.0411. The van der Waals surface area contributed by atoms with Crippen LogP contribution in [0.5, 0.6) is 0 Å². The third kappa shape index (κ3) is 5.26. The van der Waals surface area contributed by atoms with Gasteiger partial charge in [-0.1, -0.05) is 30.3 Å². The summed E-state index contributed by atoms with van der Waals surface area (Å²) in [6.07, 6.45) is 6.88. The molecule has 25 heavy (non-hydrogen) atoms. The van der Waals surface area contributed by atoms with E-state index in [9.17, 15) is 8.42 Å². The molecular weight excluding hydrogens is 336 g/mol. The van der Waals surface area contributed by atoms with Crippen LogP contribution in [0.3, 0.4) is 0 Å². The van der Waals surface area contributed by atoms with Crippen molar-refractivity contribution in [3.63, 3.8) is 0 Å². The van der Waals surface area contributed by atoms with E-state index in [1.54, 1.807) is 0 Å². The molecule has 0 bridgehead atoms. The summed E-state index contributed by atoms with van der Waals surface area (Å²) in [5.74, 6) is 0.648. The third-order valence-electron chi connectivity index (χ3n) is 5.64. The van der Waals surface area contributed by atoms with E-state index in [4.69, 9.17) is 4.74 Å². The first-order valence-electron chi connectivity index (χ1n) is 9.26. The number of benzene rings is 1. The van der Waals surface area contributed by atoms with Crippen LogP contribution in [0, 0.1) is 0 Å². The number of hydrogen-bond acceptors (Lipinski definition) is 4. The van der Waals surface area contributed by atoms with E-state index in [2.05, 4.69) is 40.0 Å². The monoisotopic (exact) mass is 366 g/mol. The zero-order valence-corrected chi connectivity index (χ0v) is 16.0. The van der Waals surface area contributed by atoms with E-state index in [1.807, 2.05) is 7.05 Å². The van der Waals surface area contributed by atoms with Crippen molar-refractivity contribution in [1.29, 1.82) is 0 Å². The maximum atomic E-state index is 11.5. The largest absolute Gasteiger partial charge is 0.377 e. The Morgan fingerprint density at radius 2 is 1.80 bits per heavy atom. The van der Waals surface area contributed by atoms with Crippen molar-refractivity contribution in [3.05, 3.63) is 35.9 Å². The van der Waals surface area contributed by atoms with E-state index in [0.29, 0.717) is 18.6 Å². The molecule has 3 rings (SSSR count). The molecule has 1 heterocycles. The quantitative estimate of drug-likeness (QED) is 0.840. The summed E-state index contributed by atoms with van der Waals surface area (Å²) in [7, 11) is -1.13. The lowest BCUT2D eigenvalue weighted by Crippen LogP contribution is -2.46. The molecule has 1 aromatic carbocycles. The zero-order chi connectivity index (χ0) is 17.9. The highest BCUT2D eigenvalue weighted by Crippen LogP contribution is 2.34. The van der Waals surface area contributed by atoms with Gasteiger partial charge in [-0.05, 0) is 57.2 Å². The average Bonchev–Trinajstić information content (AvgIpc) is 2.92. The molecule has 1 saturated carbocycles. The van der Waals surface area contributed by atoms with Gasteiger partial charge < -0.3 is 4.74 Å². The number of ether oxygens (including phenoxy) is 1. The normalized spacial score (nSPS) is 31.3. The van der Waals surface area contributed by atoms with Gasteiger partial charge in [-0.25, -0.2) is 13.1 Å². The van der Waals surface area contributed by atoms with Crippen LogP contribution in [-0.4, -0.2) is 58.0 Å². The van der Waals surface area contributed by atoms with E-state index < -0.39 is 10.0 Å². The van der Waals surface area contributed by atoms with Gasteiger partial charge in [-0.3, -0.25) is 4.90 Å². The van der Waals surface area contributed by atoms with Gasteiger partial charge in [-0.2, -0.15) is 0 Å². The Morgan fingerprint density at radius 1 is 1.12 bits per heavy atom. The fraction of sp³-hybridized carbons (Fsp3) is 0.684. The molecule has 2 atom stereocenters. The highest BCUT2D eigenvalue weighted by molar-refractivity contribution is 7.88. The summed E-state index contributed by atoms with van der Waals surface area (Å²) >= 11 is 0. The highest BCUT2D eigenvalue weighted by Gasteiger charge is 2.34. The van der Waals surface area contributed by atoms with Gasteiger partial charge >= 0.3 is 0 Å². The molecule has 2 unspecified atom stereocenters. The SMILES string of the molecule is CN1CCC(NS(C)(=O)=O)C1COC1CCC(c2ccccc2)CC1. The van der Waals surface area contributed by atoms with Crippen molar-refractivity contribution in [1.82, 2.24) is 9.62 Å². The van der Waals surface area contributed by atoms with Crippen molar-refractivity contribution in [2.45, 2.75) is 56.2 Å². The first kappa shape index (κ1) is 18.8. The second kappa shape index (κ2) is 8.16. The van der Waals surface area contributed by atoms with E-state index in [0.717, 1.165) is 25.8 Å². The molecule has 0 aromatic heterocycles. The summed E-state index contributed by atoms with van der Waals surface area (Å²) in [6, 6.07) is 10.8. The van der Waals surface area contributed by atoms with Crippen molar-refractivity contribution in [2.75, 3.05) is 26.5 Å². The minimum Gasteiger partial charge on any atom is -0.377 e. The standard InChI is InChI=1S/C19H30N2O3S/c1-21-13-12-18(20-25(2,22)23)19(21)14-24-17-10-8-16(9-11-17)15-6-4-3-5-7-15/h3-7,16-20H,8-14H2,1-2H3. The minimum atomic E-state index is -3.18. The Hall–Kier alpha value is -0.950. The molecule has 1 aliphatic carbocycles. The summed E-state index contributed by atoms with van der Waals surface area (Å²) in [4.78, 5) is 2.21. The third-order valence-corrected chi connectivity index (χ3v) is 6.37. The number of sulfonamides is 1. The predicted molar refractivity (Wildman–Crippen MR) is 100 cm³/mol. The van der Waals surface area contributed by atoms with Crippen molar-refractivity contribution in [3.8, 4) is 0 Å². The van der Waals surface area contributed by atoms with Gasteiger partial charge in [0.1, 0.15) is 0 Å². The molecule has 0 radical (unpaired) electrons. The van der Waals surface area contributed by atoms with Crippen LogP contribution in [0.2, 0.25) is 0 Å². The number of rotatable bonds is 6. The van der Waals surface area contributed by atoms with E-state index in [1.165, 1.54) is 24.7 Å². The maximum Gasteiger partial charge on any atom is 0.209 e. The van der Waals surface area contributed by atoms with Gasteiger partial charge in [-0.15, -0.1) is 0 Å². The lowest BCUT2D eigenvalue weighted by atomic mass is 9.83. The van der Waals surface area contributed by atoms with Crippen molar-refractivity contribution >= 4 is 10.0 Å². The van der Waals surface area contributed by atoms with Crippen LogP contribution in [0.1, 0.15) is 43.6 Å². The Kier molecular flexibility index (Phi) is 6.15. The van der Waals surface area contributed by atoms with Gasteiger partial charge in [0.15, 0.2) is 0 Å². The Labute approximate surface area is 151 Å². The summed E-state index contributed by atoms with van der Waals surface area (Å²) in [5.41, 5.74) is 1.44. The van der Waals surface area contributed by atoms with Crippen molar-refractivity contribution in [2.24, 2.45) is 0 Å². The average molecular weight is 367 g/mol. The van der Waals surface area contributed by atoms with Crippen LogP contribution in [0.4, 0.5) is 0 Å². The number of likely N-dealkylation sites (tertiary alicyclic amines) is 1. The van der Waals surface area contributed by atoms with Gasteiger partial charge in [0.05, 0.1) is 19.0 Å². The molecule has 1 aromatic rings. The van der Waals surface area contributed by atoms with Crippen molar-refractivity contribution < 1.29 is 13.2 Å². The fourth-order valence-electron chi connectivity index (χ4n) is 4.19. The van der Waals surface area contributed by atoms with E-state index in [-0.39, 0.29) is 12.1 Å². The Bertz CT molecular complexity index is 642. The summed E-state index contributed by atoms with van der Waals surface area (Å²) in [5, 5.41) is 0. The Morgan fingerprint density at radius 3 is 2.44 bits per heavy atom. The number of likely N-dealkylation sites (N-methyl/N-ethyl adjacent to an activating group) is 1. The second-order valence-corrected chi connectivity index (χ2v) is 9.33. The molecule has 140 valence electrons. The second-order valence-electron chi connectivity index (χ2n) is 7.55. The Balaban J connectivity index is 1.47. The first-order chi connectivity index (χ1) is 11.9. The van der Waals surface area contributed by atoms with Crippen LogP contribution in [0.25, 0.3) is 0 Å². The van der Waals surface area contributed by atoms with E-state index >= 15 is 0 Å². The highest BCUT2D eigenvalue weighted by atomic mass is 32.2. The van der Waals surface area contributed by atoms with Gasteiger partial charge in [0.25, 0.3) is 0 Å². The molecule has 0 spiro atoms. The molecule has 1 aliphatic heterocycles. The van der Waals surface area contributed by atoms with Crippen LogP contribution in [-0.2, 0) is 14.8 Å². The first-order valence-corrected chi connectivity index (χ1v) is 11.2. The van der Waals surface area contributed by atoms with Gasteiger partial charge in [0.2, 0.25) is 10.0 Å². The molecule has 2 fully saturated rings. The zero-order valence-electron chi connectivity index (χ0n) is 15.2. The predicted octanol–water partition coefficient (Wildman–Crippen LogP) is 2.35. The molecule has 1 N–H and O–H groups in total. The number of nitrogens with one attached hydrogen (secondary N) is 1. The number of hydrogen-bond donors (Lipinski definition) is 1. The van der Waals surface area contributed by atoms with Crippen LogP contribution >= 0.6 is 0 Å². The maximum absolute atomic E-state index is 11.5. The lowest BCUT2D eigenvalue weighted by molar-refractivity contribution is -0.00243. The van der Waals surface area contributed by atoms with Crippen LogP contribution < -0.4 is 4.72 Å². The number of nitrogens with zero attached hydrogens (tertiary/aromatic N) is 1. The molecule has 1 saturated heterocycles. The van der Waals surface area contributed by atoms with Crippen LogP contribution in [0.15, 0.2) is 30.3 Å². The van der Waals surface area contributed by atoms with Gasteiger partial charge in [0, 0.05) is 12.1 Å². The topological polar surface area (TPSA) is 58.6 Å². The summed E-state index contributed by atoms with van der Waals surface area (Å²) in [6.45, 7) is 1.51. The summed E-state index contributed by atoms with van der Waals surface area (Å²) < 4.78 is 32.0. The molecule has 0 amide bonds. The lowest BCUT2D eigenvalue weighted by Gasteiger charge is -2.31. The molecular formula is C19H30N2O3S.